The lowest BCUT2D eigenvalue weighted by Crippen LogP contribution is -2.41. The smallest absolute Gasteiger partial charge is 0.435 e. The van der Waals surface area contributed by atoms with Crippen LogP contribution < -0.4 is 0 Å². The lowest BCUT2D eigenvalue weighted by molar-refractivity contribution is -0.109. The average Bonchev–Trinajstić information content (AvgIpc) is 2.53. The highest BCUT2D eigenvalue weighted by atomic mass is 16.6. The summed E-state index contributed by atoms with van der Waals surface area (Å²) in [5.41, 5.74) is 0.493. The van der Waals surface area contributed by atoms with E-state index >= 15 is 0 Å². The molecule has 0 fully saturated rings. The number of rotatable bonds is 6. The molecule has 1 rings (SSSR count). The number of aryl methyl sites for hydroxylation is 1. The molecule has 0 saturated carbocycles. The van der Waals surface area contributed by atoms with E-state index in [2.05, 4.69) is 18.8 Å². The number of ether oxygens (including phenoxy) is 1. The predicted octanol–water partition coefficient (Wildman–Crippen LogP) is 4.81. The van der Waals surface area contributed by atoms with Gasteiger partial charge in [0, 0.05) is 6.42 Å². The number of benzene rings is 1. The molecule has 1 atom stereocenters. The van der Waals surface area contributed by atoms with Crippen molar-refractivity contribution in [2.24, 2.45) is 0 Å². The highest BCUT2D eigenvalue weighted by molar-refractivity contribution is 5.67. The second-order valence-corrected chi connectivity index (χ2v) is 6.79. The van der Waals surface area contributed by atoms with Gasteiger partial charge in [0.1, 0.15) is 11.6 Å². The van der Waals surface area contributed by atoms with E-state index in [0.717, 1.165) is 31.2 Å². The molecule has 132 valence electrons. The van der Waals surface area contributed by atoms with Crippen molar-refractivity contribution in [1.29, 1.82) is 0 Å². The Morgan fingerprint density at radius 1 is 1.29 bits per heavy atom. The largest absolute Gasteiger partial charge is 0.442 e. The molecular weight excluding hydrogens is 302 g/mol. The fourth-order valence-corrected chi connectivity index (χ4v) is 2.09. The van der Waals surface area contributed by atoms with Crippen LogP contribution in [0.1, 0.15) is 58.9 Å². The second-order valence-electron chi connectivity index (χ2n) is 6.79. The van der Waals surface area contributed by atoms with Crippen LogP contribution in [-0.2, 0) is 11.2 Å². The summed E-state index contributed by atoms with van der Waals surface area (Å²) in [6.07, 6.45) is 3.37. The minimum Gasteiger partial charge on any atom is -0.442 e. The Morgan fingerprint density at radius 2 is 1.96 bits per heavy atom. The molecule has 24 heavy (non-hydrogen) atoms. The zero-order valence-corrected chi connectivity index (χ0v) is 15.2. The number of hydroxylamine groups is 2. The highest BCUT2D eigenvalue weighted by Crippen LogP contribution is 2.14. The van der Waals surface area contributed by atoms with Gasteiger partial charge in [0.25, 0.3) is 0 Å². The Labute approximate surface area is 145 Å². The molecule has 4 nitrogen and oxygen atoms in total. The molecule has 0 aliphatic rings. The first-order chi connectivity index (χ1) is 11.3. The monoisotopic (exact) mass is 331 g/mol. The van der Waals surface area contributed by atoms with E-state index in [1.54, 1.807) is 20.8 Å². The summed E-state index contributed by atoms with van der Waals surface area (Å²) >= 11 is 0. The Hall–Kier alpha value is -1.99. The fourth-order valence-electron chi connectivity index (χ4n) is 2.09. The van der Waals surface area contributed by atoms with Gasteiger partial charge in [-0.05, 0) is 45.6 Å². The van der Waals surface area contributed by atoms with Crippen molar-refractivity contribution in [1.82, 2.24) is 5.06 Å². The number of hydrogen-bond acceptors (Lipinski definition) is 3. The first kappa shape index (κ1) is 20.1. The molecule has 1 N–H and O–H groups in total. The summed E-state index contributed by atoms with van der Waals surface area (Å²) in [5, 5.41) is 10.9. The van der Waals surface area contributed by atoms with Crippen molar-refractivity contribution < 1.29 is 14.7 Å². The van der Waals surface area contributed by atoms with Crippen LogP contribution in [-0.4, -0.2) is 28.0 Å². The number of carbonyl (C=O) groups is 1. The molecule has 1 aromatic carbocycles. The number of amides is 1. The molecule has 0 aliphatic heterocycles. The summed E-state index contributed by atoms with van der Waals surface area (Å²) in [4.78, 5) is 12.1. The minimum absolute atomic E-state index is 0.554. The van der Waals surface area contributed by atoms with Gasteiger partial charge in [-0.1, -0.05) is 49.6 Å². The molecule has 1 amide bonds. The fraction of sp³-hybridized carbons (Fsp3) is 0.550. The van der Waals surface area contributed by atoms with Crippen LogP contribution in [0.4, 0.5) is 4.79 Å². The standard InChI is InChI=1S/C20H29NO3/c1-5-6-7-11-14-18(16-15-17-12-9-8-10-13-17)21(23)19(22)24-20(2,3)4/h8-10,12-13,18,23H,5-7,15-16H2,1-4H3. The normalized spacial score (nSPS) is 12.0. The molecule has 0 saturated heterocycles. The Bertz CT molecular complexity index is 552. The summed E-state index contributed by atoms with van der Waals surface area (Å²) in [5.74, 6) is 6.08. The van der Waals surface area contributed by atoms with Crippen LogP contribution in [0.5, 0.6) is 0 Å². The SMILES string of the molecule is CCCCC#CC(CCc1ccccc1)N(O)C(=O)OC(C)(C)C. The Morgan fingerprint density at radius 3 is 2.54 bits per heavy atom. The van der Waals surface area contributed by atoms with E-state index in [0.29, 0.717) is 11.5 Å². The number of nitrogens with zero attached hydrogens (tertiary/aromatic N) is 1. The lowest BCUT2D eigenvalue weighted by atomic mass is 10.1. The summed E-state index contributed by atoms with van der Waals surface area (Å²) in [6, 6.07) is 9.39. The average molecular weight is 331 g/mol. The number of carbonyl (C=O) groups excluding carboxylic acids is 1. The quantitative estimate of drug-likeness (QED) is 0.352. The van der Waals surface area contributed by atoms with Crippen molar-refractivity contribution in [3.8, 4) is 11.8 Å². The Kier molecular flexibility index (Phi) is 8.35. The van der Waals surface area contributed by atoms with Gasteiger partial charge in [-0.15, -0.1) is 5.92 Å². The van der Waals surface area contributed by atoms with E-state index in [1.807, 2.05) is 30.3 Å². The van der Waals surface area contributed by atoms with Crippen LogP contribution >= 0.6 is 0 Å². The van der Waals surface area contributed by atoms with Gasteiger partial charge in [-0.2, -0.15) is 5.06 Å². The third-order valence-electron chi connectivity index (χ3n) is 3.35. The molecule has 1 unspecified atom stereocenters. The zero-order valence-electron chi connectivity index (χ0n) is 15.2. The van der Waals surface area contributed by atoms with Crippen LogP contribution in [0.2, 0.25) is 0 Å². The maximum Gasteiger partial charge on any atom is 0.435 e. The number of hydrogen-bond donors (Lipinski definition) is 1. The van der Waals surface area contributed by atoms with Crippen LogP contribution in [0.3, 0.4) is 0 Å². The van der Waals surface area contributed by atoms with Crippen LogP contribution in [0.25, 0.3) is 0 Å². The zero-order chi connectivity index (χ0) is 18.0. The predicted molar refractivity (Wildman–Crippen MR) is 95.7 cm³/mol. The molecule has 0 aliphatic carbocycles. The van der Waals surface area contributed by atoms with Gasteiger partial charge in [0.2, 0.25) is 0 Å². The van der Waals surface area contributed by atoms with Crippen molar-refractivity contribution in [3.05, 3.63) is 35.9 Å². The first-order valence-corrected chi connectivity index (χ1v) is 8.57. The van der Waals surface area contributed by atoms with Crippen molar-refractivity contribution >= 4 is 6.09 Å². The van der Waals surface area contributed by atoms with Crippen molar-refractivity contribution in [2.75, 3.05) is 0 Å². The third-order valence-corrected chi connectivity index (χ3v) is 3.35. The maximum atomic E-state index is 12.1. The molecular formula is C20H29NO3. The number of unbranched alkanes of at least 4 members (excludes halogenated alkanes) is 2. The minimum atomic E-state index is -0.759. The summed E-state index contributed by atoms with van der Waals surface area (Å²) < 4.78 is 5.23. The maximum absolute atomic E-state index is 12.1. The van der Waals surface area contributed by atoms with Gasteiger partial charge >= 0.3 is 6.09 Å². The summed E-state index contributed by atoms with van der Waals surface area (Å²) in [7, 11) is 0. The molecule has 0 heterocycles. The molecule has 0 spiro atoms. The van der Waals surface area contributed by atoms with Crippen LogP contribution in [0, 0.1) is 11.8 Å². The van der Waals surface area contributed by atoms with E-state index in [9.17, 15) is 10.0 Å². The Balaban J connectivity index is 2.75. The van der Waals surface area contributed by atoms with Crippen molar-refractivity contribution in [2.45, 2.75) is 71.4 Å². The highest BCUT2D eigenvalue weighted by Gasteiger charge is 2.26. The topological polar surface area (TPSA) is 49.8 Å². The van der Waals surface area contributed by atoms with E-state index in [1.165, 1.54) is 0 Å². The van der Waals surface area contributed by atoms with Gasteiger partial charge in [-0.25, -0.2) is 4.79 Å². The molecule has 0 bridgehead atoms. The molecule has 1 aromatic rings. The van der Waals surface area contributed by atoms with Gasteiger partial charge in [0.15, 0.2) is 0 Å². The van der Waals surface area contributed by atoms with Gasteiger partial charge in [0.05, 0.1) is 0 Å². The van der Waals surface area contributed by atoms with Gasteiger partial charge < -0.3 is 4.74 Å². The lowest BCUT2D eigenvalue weighted by Gasteiger charge is -2.26. The van der Waals surface area contributed by atoms with Crippen LogP contribution in [0.15, 0.2) is 30.3 Å². The van der Waals surface area contributed by atoms with Gasteiger partial charge in [-0.3, -0.25) is 5.21 Å². The second kappa shape index (κ2) is 10.00. The van der Waals surface area contributed by atoms with Crippen molar-refractivity contribution in [3.63, 3.8) is 0 Å². The molecule has 0 aromatic heterocycles. The van der Waals surface area contributed by atoms with E-state index in [4.69, 9.17) is 4.74 Å². The first-order valence-electron chi connectivity index (χ1n) is 8.57. The summed E-state index contributed by atoms with van der Waals surface area (Å²) in [6.45, 7) is 7.41. The third kappa shape index (κ3) is 8.03. The van der Waals surface area contributed by atoms with E-state index in [-0.39, 0.29) is 0 Å². The van der Waals surface area contributed by atoms with E-state index < -0.39 is 17.7 Å². The molecule has 0 radical (unpaired) electrons. The molecule has 4 heteroatoms.